The van der Waals surface area contributed by atoms with Gasteiger partial charge in [-0.2, -0.15) is 4.72 Å². The zero-order valence-electron chi connectivity index (χ0n) is 15.8. The summed E-state index contributed by atoms with van der Waals surface area (Å²) in [5.74, 6) is -1.04. The summed E-state index contributed by atoms with van der Waals surface area (Å²) in [5.41, 5.74) is 1.78. The molecule has 8 heteroatoms. The van der Waals surface area contributed by atoms with Gasteiger partial charge in [-0.3, -0.25) is 4.57 Å². The van der Waals surface area contributed by atoms with E-state index in [2.05, 4.69) is 4.72 Å². The molecule has 0 saturated heterocycles. The fourth-order valence-corrected chi connectivity index (χ4v) is 6.19. The molecule has 148 valence electrons. The van der Waals surface area contributed by atoms with Gasteiger partial charge in [0.25, 0.3) is 0 Å². The Morgan fingerprint density at radius 1 is 0.963 bits per heavy atom. The Morgan fingerprint density at radius 3 is 2.04 bits per heavy atom. The van der Waals surface area contributed by atoms with E-state index in [1.165, 1.54) is 12.1 Å². The standard InChI is InChI=1S/C19H26NO5PS/c1-4-24-26(21,25-5-2)19(15-17-9-7-6-8-10-17)20-27(22,23)18-13-11-16(3)12-14-18/h6-14,19-20H,4-5,15H2,1-3H3/t19-/m0/s1. The van der Waals surface area contributed by atoms with E-state index < -0.39 is 23.4 Å². The van der Waals surface area contributed by atoms with Crippen LogP contribution >= 0.6 is 7.60 Å². The minimum atomic E-state index is -3.90. The van der Waals surface area contributed by atoms with E-state index in [0.29, 0.717) is 0 Å². The highest BCUT2D eigenvalue weighted by atomic mass is 32.2. The number of sulfonamides is 1. The highest BCUT2D eigenvalue weighted by Gasteiger charge is 2.38. The van der Waals surface area contributed by atoms with E-state index in [1.54, 1.807) is 26.0 Å². The summed E-state index contributed by atoms with van der Waals surface area (Å²) >= 11 is 0. The van der Waals surface area contributed by atoms with Crippen LogP contribution in [-0.4, -0.2) is 27.4 Å². The first kappa shape index (κ1) is 21.8. The van der Waals surface area contributed by atoms with Crippen molar-refractivity contribution in [3.8, 4) is 0 Å². The third-order valence-electron chi connectivity index (χ3n) is 3.89. The molecular weight excluding hydrogens is 385 g/mol. The van der Waals surface area contributed by atoms with Crippen LogP contribution in [0.15, 0.2) is 59.5 Å². The Morgan fingerprint density at radius 2 is 1.52 bits per heavy atom. The number of hydrogen-bond donors (Lipinski definition) is 1. The van der Waals surface area contributed by atoms with Crippen molar-refractivity contribution >= 4 is 17.6 Å². The first-order chi connectivity index (χ1) is 12.8. The number of rotatable bonds is 10. The second kappa shape index (κ2) is 9.62. The molecule has 0 fully saturated rings. The fraction of sp³-hybridized carbons (Fsp3) is 0.368. The topological polar surface area (TPSA) is 81.7 Å². The lowest BCUT2D eigenvalue weighted by Gasteiger charge is -2.27. The zero-order valence-corrected chi connectivity index (χ0v) is 17.5. The summed E-state index contributed by atoms with van der Waals surface area (Å²) in [6.45, 7) is 5.56. The maximum Gasteiger partial charge on any atom is 0.348 e. The molecule has 0 radical (unpaired) electrons. The molecule has 0 amide bonds. The minimum absolute atomic E-state index is 0.103. The lowest BCUT2D eigenvalue weighted by atomic mass is 10.1. The number of hydrogen-bond acceptors (Lipinski definition) is 5. The van der Waals surface area contributed by atoms with Gasteiger partial charge in [-0.1, -0.05) is 48.0 Å². The third kappa shape index (κ3) is 5.99. The predicted molar refractivity (Wildman–Crippen MR) is 106 cm³/mol. The van der Waals surface area contributed by atoms with Crippen LogP contribution in [0.4, 0.5) is 0 Å². The van der Waals surface area contributed by atoms with Crippen molar-refractivity contribution in [3.63, 3.8) is 0 Å². The van der Waals surface area contributed by atoms with E-state index in [0.717, 1.165) is 11.1 Å². The molecule has 0 unspecified atom stereocenters. The SMILES string of the molecule is CCOP(=O)(OCC)[C@@H](Cc1ccccc1)NS(=O)(=O)c1ccc(C)cc1. The predicted octanol–water partition coefficient (Wildman–Crippen LogP) is 4.11. The number of benzene rings is 2. The average Bonchev–Trinajstić information content (AvgIpc) is 2.63. The first-order valence-corrected chi connectivity index (χ1v) is 11.9. The smallest absolute Gasteiger partial charge is 0.308 e. The third-order valence-corrected chi connectivity index (χ3v) is 7.87. The highest BCUT2D eigenvalue weighted by molar-refractivity contribution is 7.89. The van der Waals surface area contributed by atoms with Crippen LogP contribution in [0.1, 0.15) is 25.0 Å². The highest BCUT2D eigenvalue weighted by Crippen LogP contribution is 2.53. The van der Waals surface area contributed by atoms with Gasteiger partial charge in [-0.25, -0.2) is 8.42 Å². The Bertz CT molecular complexity index is 859. The molecule has 0 spiro atoms. The maximum atomic E-state index is 13.3. The largest absolute Gasteiger partial charge is 0.348 e. The molecule has 6 nitrogen and oxygen atoms in total. The Balaban J connectivity index is 2.38. The van der Waals surface area contributed by atoms with Crippen molar-refractivity contribution in [2.45, 2.75) is 37.9 Å². The monoisotopic (exact) mass is 411 g/mol. The summed E-state index contributed by atoms with van der Waals surface area (Å²) in [4.78, 5) is 0.103. The van der Waals surface area contributed by atoms with Gasteiger partial charge in [0.05, 0.1) is 18.1 Å². The van der Waals surface area contributed by atoms with Crippen LogP contribution in [0.3, 0.4) is 0 Å². The Kier molecular flexibility index (Phi) is 7.77. The van der Waals surface area contributed by atoms with E-state index in [-0.39, 0.29) is 24.5 Å². The van der Waals surface area contributed by atoms with Crippen LogP contribution in [0, 0.1) is 6.92 Å². The van der Waals surface area contributed by atoms with Gasteiger partial charge in [-0.15, -0.1) is 0 Å². The Hall–Kier alpha value is -1.50. The second-order valence-corrected chi connectivity index (χ2v) is 9.95. The van der Waals surface area contributed by atoms with Gasteiger partial charge in [0.1, 0.15) is 5.78 Å². The Labute approximate surface area is 161 Å². The number of nitrogens with one attached hydrogen (secondary N) is 1. The summed E-state index contributed by atoms with van der Waals surface area (Å²) in [6.07, 6.45) is 0.184. The molecule has 2 rings (SSSR count). The lowest BCUT2D eigenvalue weighted by Crippen LogP contribution is -2.37. The molecular formula is C19H26NO5PS. The molecule has 0 saturated carbocycles. The van der Waals surface area contributed by atoms with Crippen LogP contribution in [0.5, 0.6) is 0 Å². The van der Waals surface area contributed by atoms with Gasteiger partial charge in [0.2, 0.25) is 10.0 Å². The maximum absolute atomic E-state index is 13.3. The van der Waals surface area contributed by atoms with Crippen LogP contribution in [-0.2, 0) is 30.1 Å². The van der Waals surface area contributed by atoms with Crippen molar-refractivity contribution < 1.29 is 22.0 Å². The molecule has 0 aliphatic carbocycles. The van der Waals surface area contributed by atoms with Gasteiger partial charge in [0.15, 0.2) is 0 Å². The minimum Gasteiger partial charge on any atom is -0.308 e. The summed E-state index contributed by atoms with van der Waals surface area (Å²) < 4.78 is 52.4. The van der Waals surface area contributed by atoms with Crippen LogP contribution in [0.25, 0.3) is 0 Å². The van der Waals surface area contributed by atoms with Crippen molar-refractivity contribution in [2.75, 3.05) is 13.2 Å². The van der Waals surface area contributed by atoms with Gasteiger partial charge < -0.3 is 9.05 Å². The molecule has 1 atom stereocenters. The summed E-state index contributed by atoms with van der Waals surface area (Å²) in [6, 6.07) is 15.7. The van der Waals surface area contributed by atoms with Gasteiger partial charge >= 0.3 is 7.60 Å². The molecule has 1 N–H and O–H groups in total. The fourth-order valence-electron chi connectivity index (χ4n) is 2.60. The molecule has 0 heterocycles. The normalized spacial score (nSPS) is 13.4. The van der Waals surface area contributed by atoms with Crippen molar-refractivity contribution in [2.24, 2.45) is 0 Å². The van der Waals surface area contributed by atoms with Gasteiger partial charge in [-0.05, 0) is 38.5 Å². The first-order valence-electron chi connectivity index (χ1n) is 8.82. The zero-order chi connectivity index (χ0) is 19.9. The van der Waals surface area contributed by atoms with E-state index in [9.17, 15) is 13.0 Å². The molecule has 0 aliphatic rings. The van der Waals surface area contributed by atoms with E-state index >= 15 is 0 Å². The molecule has 27 heavy (non-hydrogen) atoms. The molecule has 0 aliphatic heterocycles. The average molecular weight is 411 g/mol. The van der Waals surface area contributed by atoms with E-state index in [1.807, 2.05) is 37.3 Å². The summed E-state index contributed by atoms with van der Waals surface area (Å²) in [5, 5.41) is 0. The quantitative estimate of drug-likeness (QED) is 0.595. The molecule has 2 aromatic rings. The van der Waals surface area contributed by atoms with Crippen LogP contribution < -0.4 is 4.72 Å². The second-order valence-electron chi connectivity index (χ2n) is 6.02. The van der Waals surface area contributed by atoms with E-state index in [4.69, 9.17) is 9.05 Å². The molecule has 2 aromatic carbocycles. The van der Waals surface area contributed by atoms with Crippen LogP contribution in [0.2, 0.25) is 0 Å². The lowest BCUT2D eigenvalue weighted by molar-refractivity contribution is 0.210. The van der Waals surface area contributed by atoms with Crippen molar-refractivity contribution in [1.29, 1.82) is 0 Å². The van der Waals surface area contributed by atoms with Crippen molar-refractivity contribution in [1.82, 2.24) is 4.72 Å². The van der Waals surface area contributed by atoms with Crippen molar-refractivity contribution in [3.05, 3.63) is 65.7 Å². The molecule has 0 aromatic heterocycles. The molecule has 0 bridgehead atoms. The number of aryl methyl sites for hydroxylation is 1. The summed E-state index contributed by atoms with van der Waals surface area (Å²) in [7, 11) is -7.61. The van der Waals surface area contributed by atoms with Gasteiger partial charge in [0, 0.05) is 6.42 Å².